The summed E-state index contributed by atoms with van der Waals surface area (Å²) in [5.41, 5.74) is 5.51. The summed E-state index contributed by atoms with van der Waals surface area (Å²) in [5.74, 6) is -6.03. The molecule has 0 unspecified atom stereocenters. The molecule has 0 spiro atoms. The minimum Gasteiger partial charge on any atom is -0.406 e. The van der Waals surface area contributed by atoms with E-state index in [0.29, 0.717) is 11.6 Å². The lowest BCUT2D eigenvalue weighted by Crippen LogP contribution is -2.38. The number of carbonyl (C=O) groups is 1. The second-order valence-electron chi connectivity index (χ2n) is 5.52. The van der Waals surface area contributed by atoms with Gasteiger partial charge in [-0.2, -0.15) is 0 Å². The van der Waals surface area contributed by atoms with Gasteiger partial charge in [0.05, 0.1) is 18.8 Å². The minimum absolute atomic E-state index is 0.00937. The van der Waals surface area contributed by atoms with E-state index in [0.717, 1.165) is 18.2 Å². The van der Waals surface area contributed by atoms with E-state index in [2.05, 4.69) is 15.0 Å². The van der Waals surface area contributed by atoms with Crippen molar-refractivity contribution in [1.29, 1.82) is 0 Å². The van der Waals surface area contributed by atoms with Crippen LogP contribution in [0.5, 0.6) is 5.75 Å². The van der Waals surface area contributed by atoms with Gasteiger partial charge in [-0.25, -0.2) is 18.2 Å². The maximum atomic E-state index is 13.5. The number of carbonyl (C=O) groups excluding carboxylic acids is 1. The maximum absolute atomic E-state index is 13.5. The Morgan fingerprint density at radius 3 is 2.31 bits per heavy atom. The first-order valence-electron chi connectivity index (χ1n) is 7.87. The number of nitrogens with two attached hydrogens (primary N) is 1. The highest BCUT2D eigenvalue weighted by Gasteiger charge is 2.30. The Morgan fingerprint density at radius 1 is 1.03 bits per heavy atom. The molecule has 0 radical (unpaired) electrons. The molecule has 0 saturated carbocycles. The number of hydrogen-bond acceptors (Lipinski definition) is 3. The zero-order valence-electron chi connectivity index (χ0n) is 14.5. The van der Waals surface area contributed by atoms with Crippen LogP contribution in [0.25, 0.3) is 0 Å². The molecule has 29 heavy (non-hydrogen) atoms. The molecule has 0 heterocycles. The Labute approximate surface area is 160 Å². The molecule has 0 atom stereocenters. The van der Waals surface area contributed by atoms with E-state index in [-0.39, 0.29) is 12.5 Å². The van der Waals surface area contributed by atoms with Crippen molar-refractivity contribution in [3.8, 4) is 5.75 Å². The molecule has 2 aromatic rings. The Bertz CT molecular complexity index is 900. The third-order valence-electron chi connectivity index (χ3n) is 3.33. The predicted molar refractivity (Wildman–Crippen MR) is 91.4 cm³/mol. The average molecular weight is 420 g/mol. The van der Waals surface area contributed by atoms with Crippen molar-refractivity contribution in [2.45, 2.75) is 12.9 Å². The van der Waals surface area contributed by atoms with Crippen molar-refractivity contribution in [2.75, 3.05) is 11.9 Å². The highest BCUT2D eigenvalue weighted by Crippen LogP contribution is 2.23. The van der Waals surface area contributed by atoms with Gasteiger partial charge in [0.15, 0.2) is 23.4 Å². The molecule has 0 aliphatic heterocycles. The Kier molecular flexibility index (Phi) is 6.91. The van der Waals surface area contributed by atoms with Gasteiger partial charge in [0.25, 0.3) is 0 Å². The number of nitrogens with zero attached hydrogens (tertiary/aromatic N) is 1. The van der Waals surface area contributed by atoms with Gasteiger partial charge in [-0.15, -0.1) is 13.2 Å². The van der Waals surface area contributed by atoms with Crippen LogP contribution in [-0.4, -0.2) is 24.8 Å². The zero-order chi connectivity index (χ0) is 21.6. The second-order valence-corrected chi connectivity index (χ2v) is 5.52. The molecule has 0 aliphatic rings. The van der Waals surface area contributed by atoms with Crippen molar-refractivity contribution in [3.63, 3.8) is 0 Å². The summed E-state index contributed by atoms with van der Waals surface area (Å²) in [5, 5.41) is 4.45. The van der Waals surface area contributed by atoms with Gasteiger partial charge in [0.2, 0.25) is 5.91 Å². The molecule has 0 saturated heterocycles. The van der Waals surface area contributed by atoms with Gasteiger partial charge in [-0.3, -0.25) is 4.79 Å². The number of benzene rings is 2. The zero-order valence-corrected chi connectivity index (χ0v) is 14.5. The van der Waals surface area contributed by atoms with Crippen LogP contribution in [0.15, 0.2) is 41.4 Å². The Hall–Kier alpha value is -3.44. The lowest BCUT2D eigenvalue weighted by molar-refractivity contribution is -0.274. The van der Waals surface area contributed by atoms with E-state index < -0.39 is 47.7 Å². The van der Waals surface area contributed by atoms with Crippen LogP contribution in [0.1, 0.15) is 5.56 Å². The number of halogens is 6. The normalized spacial score (nSPS) is 11.9. The lowest BCUT2D eigenvalue weighted by atomic mass is 10.2. The van der Waals surface area contributed by atoms with Crippen LogP contribution in [0.2, 0.25) is 0 Å². The van der Waals surface area contributed by atoms with Crippen molar-refractivity contribution in [2.24, 2.45) is 10.7 Å². The fourth-order valence-corrected chi connectivity index (χ4v) is 2.02. The fraction of sp³-hybridized carbons (Fsp3) is 0.176. The molecule has 12 heteroatoms. The largest absolute Gasteiger partial charge is 0.573 e. The van der Waals surface area contributed by atoms with E-state index in [4.69, 9.17) is 5.73 Å². The number of alkyl halides is 3. The average Bonchev–Trinajstić information content (AvgIpc) is 2.65. The number of aliphatic imine (C=N–C) groups is 1. The molecule has 156 valence electrons. The van der Waals surface area contributed by atoms with Gasteiger partial charge in [0, 0.05) is 0 Å². The molecule has 2 rings (SSSR count). The van der Waals surface area contributed by atoms with E-state index >= 15 is 0 Å². The first-order valence-corrected chi connectivity index (χ1v) is 7.87. The standard InChI is InChI=1S/C17H14F6N4O2/c18-11-5-6-12(15(20)14(11)19)27-13(28)8-26-16(24)25-7-9-1-3-10(4-2-9)29-17(21,22)23/h1-6H,7-8H2,(H,27,28)(H3,24,25,26). The third kappa shape index (κ3) is 6.90. The van der Waals surface area contributed by atoms with Gasteiger partial charge < -0.3 is 21.1 Å². The maximum Gasteiger partial charge on any atom is 0.573 e. The van der Waals surface area contributed by atoms with Gasteiger partial charge >= 0.3 is 6.36 Å². The van der Waals surface area contributed by atoms with Crippen LogP contribution >= 0.6 is 0 Å². The molecule has 0 aromatic heterocycles. The summed E-state index contributed by atoms with van der Waals surface area (Å²) >= 11 is 0. The van der Waals surface area contributed by atoms with Gasteiger partial charge in [-0.05, 0) is 29.8 Å². The van der Waals surface area contributed by atoms with Crippen LogP contribution in [0, 0.1) is 17.5 Å². The molecular weight excluding hydrogens is 406 g/mol. The molecule has 6 nitrogen and oxygen atoms in total. The monoisotopic (exact) mass is 420 g/mol. The van der Waals surface area contributed by atoms with Crippen LogP contribution in [0.3, 0.4) is 0 Å². The summed E-state index contributed by atoms with van der Waals surface area (Å²) in [7, 11) is 0. The highest BCUT2D eigenvalue weighted by atomic mass is 19.4. The SMILES string of the molecule is NC(=NCc1ccc(OC(F)(F)F)cc1)NCC(=O)Nc1ccc(F)c(F)c1F. The number of hydrogen-bond donors (Lipinski definition) is 3. The van der Waals surface area contributed by atoms with Crippen molar-refractivity contribution in [1.82, 2.24) is 5.32 Å². The summed E-state index contributed by atoms with van der Waals surface area (Å²) in [6.07, 6.45) is -4.79. The van der Waals surface area contributed by atoms with E-state index in [1.807, 2.05) is 5.32 Å². The summed E-state index contributed by atoms with van der Waals surface area (Å²) in [6, 6.07) is 6.40. The molecule has 4 N–H and O–H groups in total. The quantitative estimate of drug-likeness (QED) is 0.290. The summed E-state index contributed by atoms with van der Waals surface area (Å²) < 4.78 is 79.4. The molecule has 0 fully saturated rings. The lowest BCUT2D eigenvalue weighted by Gasteiger charge is -2.09. The molecule has 2 aromatic carbocycles. The second kappa shape index (κ2) is 9.17. The van der Waals surface area contributed by atoms with Gasteiger partial charge in [-0.1, -0.05) is 12.1 Å². The molecule has 1 amide bonds. The Morgan fingerprint density at radius 2 is 1.69 bits per heavy atom. The van der Waals surface area contributed by atoms with Crippen LogP contribution < -0.4 is 21.1 Å². The number of guanidine groups is 1. The van der Waals surface area contributed by atoms with Gasteiger partial charge in [0.1, 0.15) is 5.75 Å². The number of ether oxygens (including phenoxy) is 1. The Balaban J connectivity index is 1.84. The molecule has 0 aliphatic carbocycles. The fourth-order valence-electron chi connectivity index (χ4n) is 2.02. The van der Waals surface area contributed by atoms with Crippen molar-refractivity contribution in [3.05, 3.63) is 59.4 Å². The first kappa shape index (κ1) is 21.9. The van der Waals surface area contributed by atoms with E-state index in [1.165, 1.54) is 12.1 Å². The van der Waals surface area contributed by atoms with Crippen molar-refractivity contribution < 1.29 is 35.9 Å². The number of anilines is 1. The van der Waals surface area contributed by atoms with Crippen LogP contribution in [0.4, 0.5) is 32.0 Å². The summed E-state index contributed by atoms with van der Waals surface area (Å²) in [4.78, 5) is 15.6. The van der Waals surface area contributed by atoms with Crippen LogP contribution in [-0.2, 0) is 11.3 Å². The van der Waals surface area contributed by atoms with E-state index in [1.54, 1.807) is 0 Å². The number of rotatable bonds is 6. The smallest absolute Gasteiger partial charge is 0.406 e. The topological polar surface area (TPSA) is 88.7 Å². The number of amides is 1. The van der Waals surface area contributed by atoms with Crippen molar-refractivity contribution >= 4 is 17.6 Å². The summed E-state index contributed by atoms with van der Waals surface area (Å²) in [6.45, 7) is -0.462. The third-order valence-corrected chi connectivity index (χ3v) is 3.33. The predicted octanol–water partition coefficient (Wildman–Crippen LogP) is 3.05. The molecular formula is C17H14F6N4O2. The highest BCUT2D eigenvalue weighted by molar-refractivity contribution is 5.94. The minimum atomic E-state index is -4.79. The number of nitrogens with one attached hydrogen (secondary N) is 2. The molecule has 0 bridgehead atoms. The van der Waals surface area contributed by atoms with E-state index in [9.17, 15) is 31.1 Å². The first-order chi connectivity index (χ1) is 13.5.